The zero-order valence-electron chi connectivity index (χ0n) is 11.0. The molecule has 2 heterocycles. The number of amides is 1. The average molecular weight is 272 g/mol. The highest BCUT2D eigenvalue weighted by Gasteiger charge is 2.25. The van der Waals surface area contributed by atoms with Gasteiger partial charge in [0.25, 0.3) is 5.91 Å². The lowest BCUT2D eigenvalue weighted by molar-refractivity contribution is 0.0704. The summed E-state index contributed by atoms with van der Waals surface area (Å²) < 4.78 is 5.20. The van der Waals surface area contributed by atoms with Crippen molar-refractivity contribution in [3.8, 4) is 0 Å². The van der Waals surface area contributed by atoms with E-state index in [-0.39, 0.29) is 17.5 Å². The second kappa shape index (κ2) is 5.09. The number of carbonyl (C=O) groups is 1. The molecule has 1 unspecified atom stereocenters. The molecular formula is C15H16N2O3. The van der Waals surface area contributed by atoms with Crippen LogP contribution in [-0.4, -0.2) is 29.9 Å². The Morgan fingerprint density at radius 3 is 2.95 bits per heavy atom. The first-order chi connectivity index (χ1) is 9.65. The molecule has 1 aromatic heterocycles. The van der Waals surface area contributed by atoms with Gasteiger partial charge in [-0.1, -0.05) is 18.2 Å². The summed E-state index contributed by atoms with van der Waals surface area (Å²) in [6.07, 6.45) is 1.78. The topological polar surface area (TPSA) is 76.5 Å². The highest BCUT2D eigenvalue weighted by atomic mass is 16.4. The standard InChI is InChI=1S/C15H16N2O3/c16-11-5-3-7-17(9-11)14(18)12-8-10-4-1-2-6-13(10)20-15(12)19/h1-2,4,6,8,11H,3,5,7,9,16H2. The lowest BCUT2D eigenvalue weighted by Crippen LogP contribution is -2.46. The van der Waals surface area contributed by atoms with Gasteiger partial charge in [0, 0.05) is 24.5 Å². The van der Waals surface area contributed by atoms with Crippen LogP contribution < -0.4 is 11.4 Å². The lowest BCUT2D eigenvalue weighted by atomic mass is 10.1. The molecule has 0 radical (unpaired) electrons. The Morgan fingerprint density at radius 2 is 2.15 bits per heavy atom. The van der Waals surface area contributed by atoms with E-state index in [0.717, 1.165) is 18.2 Å². The first-order valence-electron chi connectivity index (χ1n) is 6.73. The van der Waals surface area contributed by atoms with Crippen LogP contribution in [0.3, 0.4) is 0 Å². The number of hydrogen-bond acceptors (Lipinski definition) is 4. The Bertz CT molecular complexity index is 708. The third-order valence-corrected chi connectivity index (χ3v) is 3.62. The number of rotatable bonds is 1. The predicted molar refractivity (Wildman–Crippen MR) is 75.6 cm³/mol. The van der Waals surface area contributed by atoms with E-state index in [0.29, 0.717) is 18.7 Å². The van der Waals surface area contributed by atoms with Crippen LogP contribution >= 0.6 is 0 Å². The van der Waals surface area contributed by atoms with Crippen molar-refractivity contribution in [3.05, 3.63) is 46.3 Å². The monoisotopic (exact) mass is 272 g/mol. The summed E-state index contributed by atoms with van der Waals surface area (Å²) in [5, 5.41) is 0.747. The van der Waals surface area contributed by atoms with Gasteiger partial charge in [-0.25, -0.2) is 4.79 Å². The Morgan fingerprint density at radius 1 is 1.35 bits per heavy atom. The van der Waals surface area contributed by atoms with E-state index in [1.54, 1.807) is 23.1 Å². The lowest BCUT2D eigenvalue weighted by Gasteiger charge is -2.30. The zero-order chi connectivity index (χ0) is 14.1. The molecule has 3 rings (SSSR count). The van der Waals surface area contributed by atoms with Crippen LogP contribution in [0.2, 0.25) is 0 Å². The minimum Gasteiger partial charge on any atom is -0.422 e. The van der Waals surface area contributed by atoms with Gasteiger partial charge in [0.1, 0.15) is 11.1 Å². The second-order valence-electron chi connectivity index (χ2n) is 5.14. The summed E-state index contributed by atoms with van der Waals surface area (Å²) >= 11 is 0. The highest BCUT2D eigenvalue weighted by Crippen LogP contribution is 2.16. The predicted octanol–water partition coefficient (Wildman–Crippen LogP) is 1.36. The Balaban J connectivity index is 1.98. The van der Waals surface area contributed by atoms with Gasteiger partial charge >= 0.3 is 5.63 Å². The summed E-state index contributed by atoms with van der Waals surface area (Å²) in [5.41, 5.74) is 5.86. The molecule has 1 aliphatic heterocycles. The van der Waals surface area contributed by atoms with Crippen molar-refractivity contribution in [2.45, 2.75) is 18.9 Å². The van der Waals surface area contributed by atoms with Gasteiger partial charge in [0.15, 0.2) is 0 Å². The van der Waals surface area contributed by atoms with E-state index < -0.39 is 5.63 Å². The summed E-state index contributed by atoms with van der Waals surface area (Å²) in [6, 6.07) is 8.74. The van der Waals surface area contributed by atoms with Gasteiger partial charge in [0.2, 0.25) is 0 Å². The molecule has 1 atom stereocenters. The van der Waals surface area contributed by atoms with Gasteiger partial charge in [0.05, 0.1) is 0 Å². The van der Waals surface area contributed by atoms with Crippen LogP contribution in [0, 0.1) is 0 Å². The van der Waals surface area contributed by atoms with Gasteiger partial charge in [-0.15, -0.1) is 0 Å². The summed E-state index contributed by atoms with van der Waals surface area (Å²) in [4.78, 5) is 26.0. The fraction of sp³-hybridized carbons (Fsp3) is 0.333. The van der Waals surface area contributed by atoms with Crippen molar-refractivity contribution in [3.63, 3.8) is 0 Å². The van der Waals surface area contributed by atoms with Crippen molar-refractivity contribution in [1.82, 2.24) is 4.90 Å². The molecule has 1 fully saturated rings. The van der Waals surface area contributed by atoms with Crippen molar-refractivity contribution in [2.24, 2.45) is 5.73 Å². The maximum Gasteiger partial charge on any atom is 0.349 e. The molecule has 0 saturated carbocycles. The molecule has 104 valence electrons. The van der Waals surface area contributed by atoms with Crippen molar-refractivity contribution < 1.29 is 9.21 Å². The first-order valence-corrected chi connectivity index (χ1v) is 6.73. The van der Waals surface area contributed by atoms with Crippen LogP contribution in [0.25, 0.3) is 11.0 Å². The van der Waals surface area contributed by atoms with Crippen LogP contribution in [0.1, 0.15) is 23.2 Å². The minimum absolute atomic E-state index is 0.0137. The summed E-state index contributed by atoms with van der Waals surface area (Å²) in [5.74, 6) is -0.292. The Hall–Kier alpha value is -2.14. The number of nitrogens with zero attached hydrogens (tertiary/aromatic N) is 1. The van der Waals surface area contributed by atoms with Gasteiger partial charge in [-0.3, -0.25) is 4.79 Å². The maximum absolute atomic E-state index is 12.4. The largest absolute Gasteiger partial charge is 0.422 e. The Kier molecular flexibility index (Phi) is 3.28. The molecule has 5 heteroatoms. The number of hydrogen-bond donors (Lipinski definition) is 1. The van der Waals surface area contributed by atoms with E-state index >= 15 is 0 Å². The third-order valence-electron chi connectivity index (χ3n) is 3.62. The number of likely N-dealkylation sites (tertiary alicyclic amines) is 1. The van der Waals surface area contributed by atoms with E-state index in [9.17, 15) is 9.59 Å². The van der Waals surface area contributed by atoms with Crippen molar-refractivity contribution in [2.75, 3.05) is 13.1 Å². The van der Waals surface area contributed by atoms with Crippen LogP contribution in [0.5, 0.6) is 0 Å². The molecule has 5 nitrogen and oxygen atoms in total. The van der Waals surface area contributed by atoms with Crippen molar-refractivity contribution in [1.29, 1.82) is 0 Å². The number of benzene rings is 1. The number of piperidine rings is 1. The van der Waals surface area contributed by atoms with Gasteiger partial charge in [-0.05, 0) is 25.0 Å². The molecular weight excluding hydrogens is 256 g/mol. The first kappa shape index (κ1) is 12.9. The Labute approximate surface area is 116 Å². The molecule has 2 N–H and O–H groups in total. The van der Waals surface area contributed by atoms with E-state index in [1.165, 1.54) is 0 Å². The fourth-order valence-corrected chi connectivity index (χ4v) is 2.58. The average Bonchev–Trinajstić information content (AvgIpc) is 2.46. The van der Waals surface area contributed by atoms with E-state index in [4.69, 9.17) is 10.2 Å². The summed E-state index contributed by atoms with van der Waals surface area (Å²) in [7, 11) is 0. The van der Waals surface area contributed by atoms with E-state index in [2.05, 4.69) is 0 Å². The van der Waals surface area contributed by atoms with Crippen LogP contribution in [0.15, 0.2) is 39.5 Å². The minimum atomic E-state index is -0.590. The van der Waals surface area contributed by atoms with E-state index in [1.807, 2.05) is 12.1 Å². The number of para-hydroxylation sites is 1. The molecule has 20 heavy (non-hydrogen) atoms. The molecule has 1 saturated heterocycles. The van der Waals surface area contributed by atoms with Crippen LogP contribution in [-0.2, 0) is 0 Å². The normalized spacial score (nSPS) is 19.2. The quantitative estimate of drug-likeness (QED) is 0.795. The second-order valence-corrected chi connectivity index (χ2v) is 5.14. The number of fused-ring (bicyclic) bond motifs is 1. The van der Waals surface area contributed by atoms with Crippen molar-refractivity contribution >= 4 is 16.9 Å². The van der Waals surface area contributed by atoms with Gasteiger partial charge in [-0.2, -0.15) is 0 Å². The zero-order valence-corrected chi connectivity index (χ0v) is 11.0. The molecule has 1 amide bonds. The molecule has 2 aromatic rings. The number of carbonyl (C=O) groups excluding carboxylic acids is 1. The molecule has 0 bridgehead atoms. The molecule has 1 aromatic carbocycles. The third kappa shape index (κ3) is 2.32. The molecule has 0 aliphatic carbocycles. The SMILES string of the molecule is NC1CCCN(C(=O)c2cc3ccccc3oc2=O)C1. The molecule has 1 aliphatic rings. The smallest absolute Gasteiger partial charge is 0.349 e. The molecule has 0 spiro atoms. The number of nitrogens with two attached hydrogens (primary N) is 1. The van der Waals surface area contributed by atoms with Gasteiger partial charge < -0.3 is 15.1 Å². The fourth-order valence-electron chi connectivity index (χ4n) is 2.58. The maximum atomic E-state index is 12.4. The summed E-state index contributed by atoms with van der Waals surface area (Å²) in [6.45, 7) is 1.13. The highest BCUT2D eigenvalue weighted by molar-refractivity contribution is 5.96. The van der Waals surface area contributed by atoms with Crippen LogP contribution in [0.4, 0.5) is 0 Å².